The lowest BCUT2D eigenvalue weighted by molar-refractivity contribution is 0.0993. The Morgan fingerprint density at radius 3 is 2.87 bits per heavy atom. The summed E-state index contributed by atoms with van der Waals surface area (Å²) in [6, 6.07) is 20.2. The van der Waals surface area contributed by atoms with Gasteiger partial charge >= 0.3 is 0 Å². The smallest absolute Gasteiger partial charge is 0.167 e. The van der Waals surface area contributed by atoms with Crippen molar-refractivity contribution >= 4 is 22.6 Å². The van der Waals surface area contributed by atoms with Crippen LogP contribution in [0.4, 0.5) is 5.82 Å². The number of H-pyrrole nitrogens is 1. The van der Waals surface area contributed by atoms with Crippen molar-refractivity contribution in [1.82, 2.24) is 15.0 Å². The predicted molar refractivity (Wildman–Crippen MR) is 119 cm³/mol. The van der Waals surface area contributed by atoms with Crippen molar-refractivity contribution in [3.8, 4) is 0 Å². The Labute approximate surface area is 175 Å². The topological polar surface area (TPSA) is 61.9 Å². The first-order valence-corrected chi connectivity index (χ1v) is 10.5. The minimum Gasteiger partial charge on any atom is -0.355 e. The van der Waals surface area contributed by atoms with E-state index in [1.807, 2.05) is 54.7 Å². The van der Waals surface area contributed by atoms with Crippen LogP contribution in [0.5, 0.6) is 0 Å². The number of nitrogens with zero attached hydrogens (tertiary/aromatic N) is 3. The molecule has 5 heteroatoms. The molecule has 1 fully saturated rings. The predicted octanol–water partition coefficient (Wildman–Crippen LogP) is 4.77. The minimum atomic E-state index is 0.167. The first-order valence-electron chi connectivity index (χ1n) is 10.5. The third-order valence-corrected chi connectivity index (χ3v) is 5.94. The minimum absolute atomic E-state index is 0.167. The second kappa shape index (κ2) is 8.11. The molecule has 1 aliphatic heterocycles. The van der Waals surface area contributed by atoms with E-state index in [1.54, 1.807) is 6.33 Å². The van der Waals surface area contributed by atoms with Crippen LogP contribution in [0.2, 0.25) is 0 Å². The van der Waals surface area contributed by atoms with Crippen molar-refractivity contribution < 1.29 is 4.79 Å². The molecule has 1 atom stereocenters. The maximum Gasteiger partial charge on any atom is 0.167 e. The summed E-state index contributed by atoms with van der Waals surface area (Å²) >= 11 is 0. The van der Waals surface area contributed by atoms with Crippen LogP contribution < -0.4 is 4.90 Å². The molecule has 0 spiro atoms. The molecule has 3 heterocycles. The van der Waals surface area contributed by atoms with Gasteiger partial charge in [0.15, 0.2) is 5.78 Å². The summed E-state index contributed by atoms with van der Waals surface area (Å²) in [5, 5.41) is 1.06. The van der Waals surface area contributed by atoms with Gasteiger partial charge in [-0.3, -0.25) is 4.79 Å². The number of nitrogens with one attached hydrogen (secondary N) is 1. The number of aromatic amines is 1. The lowest BCUT2D eigenvalue weighted by Crippen LogP contribution is -2.35. The molecule has 1 unspecified atom stereocenters. The third-order valence-electron chi connectivity index (χ3n) is 5.94. The second-order valence-electron chi connectivity index (χ2n) is 7.93. The van der Waals surface area contributed by atoms with Crippen LogP contribution in [0, 0.1) is 0 Å². The number of hydrogen-bond donors (Lipinski definition) is 1. The van der Waals surface area contributed by atoms with Crippen LogP contribution in [0.3, 0.4) is 0 Å². The number of carbonyl (C=O) groups excluding carboxylic acids is 1. The van der Waals surface area contributed by atoms with Gasteiger partial charge < -0.3 is 9.88 Å². The van der Waals surface area contributed by atoms with Crippen molar-refractivity contribution in [2.24, 2.45) is 0 Å². The van der Waals surface area contributed by atoms with Crippen LogP contribution in [-0.4, -0.2) is 33.8 Å². The fourth-order valence-corrected chi connectivity index (χ4v) is 4.40. The van der Waals surface area contributed by atoms with Gasteiger partial charge in [0.05, 0.1) is 5.39 Å². The highest BCUT2D eigenvalue weighted by molar-refractivity contribution is 5.97. The van der Waals surface area contributed by atoms with Gasteiger partial charge in [-0.05, 0) is 36.1 Å². The lowest BCUT2D eigenvalue weighted by Gasteiger charge is -2.34. The number of carbonyl (C=O) groups is 1. The molecular weight excluding hydrogens is 372 g/mol. The molecule has 0 aliphatic carbocycles. The summed E-state index contributed by atoms with van der Waals surface area (Å²) in [7, 11) is 0. The van der Waals surface area contributed by atoms with E-state index in [1.165, 1.54) is 5.56 Å². The summed E-state index contributed by atoms with van der Waals surface area (Å²) in [6.45, 7) is 1.88. The average Bonchev–Trinajstić information content (AvgIpc) is 3.29. The van der Waals surface area contributed by atoms with Crippen LogP contribution in [0.1, 0.15) is 40.2 Å². The number of rotatable bonds is 5. The van der Waals surface area contributed by atoms with Gasteiger partial charge in [0.2, 0.25) is 0 Å². The van der Waals surface area contributed by atoms with Crippen LogP contribution in [-0.2, 0) is 6.42 Å². The molecule has 30 heavy (non-hydrogen) atoms. The van der Waals surface area contributed by atoms with Crippen molar-refractivity contribution in [2.45, 2.75) is 25.2 Å². The van der Waals surface area contributed by atoms with Crippen LogP contribution >= 0.6 is 0 Å². The quantitative estimate of drug-likeness (QED) is 0.494. The molecular formula is C25H24N4O. The lowest BCUT2D eigenvalue weighted by atomic mass is 9.88. The Kier molecular flexibility index (Phi) is 5.01. The number of Topliss-reactive ketones (excluding diaryl/α,β-unsaturated/α-hetero) is 1. The van der Waals surface area contributed by atoms with Crippen molar-refractivity contribution in [1.29, 1.82) is 0 Å². The van der Waals surface area contributed by atoms with Gasteiger partial charge in [-0.25, -0.2) is 9.97 Å². The van der Waals surface area contributed by atoms with Crippen LogP contribution in [0.15, 0.2) is 73.2 Å². The van der Waals surface area contributed by atoms with Gasteiger partial charge in [0, 0.05) is 37.2 Å². The van der Waals surface area contributed by atoms with E-state index in [2.05, 4.69) is 32.0 Å². The molecule has 0 bridgehead atoms. The van der Waals surface area contributed by atoms with Crippen molar-refractivity contribution in [3.63, 3.8) is 0 Å². The highest BCUT2D eigenvalue weighted by Gasteiger charge is 2.24. The summed E-state index contributed by atoms with van der Waals surface area (Å²) in [5.74, 6) is 1.54. The number of hydrogen-bond acceptors (Lipinski definition) is 4. The molecule has 150 valence electrons. The molecule has 0 radical (unpaired) electrons. The molecule has 2 aromatic heterocycles. The summed E-state index contributed by atoms with van der Waals surface area (Å²) in [5.41, 5.74) is 3.95. The third kappa shape index (κ3) is 3.71. The maximum atomic E-state index is 12.8. The highest BCUT2D eigenvalue weighted by atomic mass is 16.1. The standard InChI is InChI=1S/C25H24N4O/c30-23(14-18-6-2-1-3-7-18)20-9-4-8-19(15-20)21-10-5-13-29(16-21)25-22-11-12-26-24(22)27-17-28-25/h1-4,6-9,11-12,15,17,21H,5,10,13-14,16H2,(H,26,27,28). The fraction of sp³-hybridized carbons (Fsp3) is 0.240. The number of ketones is 1. The number of piperidine rings is 1. The van der Waals surface area contributed by atoms with Crippen LogP contribution in [0.25, 0.3) is 11.0 Å². The molecule has 0 saturated carbocycles. The monoisotopic (exact) mass is 396 g/mol. The Hall–Kier alpha value is -3.47. The van der Waals surface area contributed by atoms with E-state index in [0.29, 0.717) is 12.3 Å². The molecule has 2 aromatic carbocycles. The van der Waals surface area contributed by atoms with Crippen molar-refractivity contribution in [3.05, 3.63) is 89.9 Å². The Morgan fingerprint density at radius 2 is 1.97 bits per heavy atom. The molecule has 1 aliphatic rings. The normalized spacial score (nSPS) is 16.7. The number of fused-ring (bicyclic) bond motifs is 1. The van der Waals surface area contributed by atoms with Gasteiger partial charge in [-0.2, -0.15) is 0 Å². The molecule has 1 N–H and O–H groups in total. The molecule has 5 nitrogen and oxygen atoms in total. The Morgan fingerprint density at radius 1 is 1.07 bits per heavy atom. The van der Waals surface area contributed by atoms with E-state index >= 15 is 0 Å². The molecule has 1 saturated heterocycles. The van der Waals surface area contributed by atoms with Crippen molar-refractivity contribution in [2.75, 3.05) is 18.0 Å². The van der Waals surface area contributed by atoms with E-state index < -0.39 is 0 Å². The molecule has 0 amide bonds. The van der Waals surface area contributed by atoms with E-state index in [9.17, 15) is 4.79 Å². The van der Waals surface area contributed by atoms with Gasteiger partial charge in [0.25, 0.3) is 0 Å². The summed E-state index contributed by atoms with van der Waals surface area (Å²) in [4.78, 5) is 27.2. The number of anilines is 1. The zero-order valence-electron chi connectivity index (χ0n) is 16.8. The largest absolute Gasteiger partial charge is 0.355 e. The van der Waals surface area contributed by atoms with E-state index in [0.717, 1.165) is 53.9 Å². The zero-order chi connectivity index (χ0) is 20.3. The number of benzene rings is 2. The summed E-state index contributed by atoms with van der Waals surface area (Å²) < 4.78 is 0. The molecule has 5 rings (SSSR count). The van der Waals surface area contributed by atoms with E-state index in [-0.39, 0.29) is 5.78 Å². The number of aromatic nitrogens is 3. The second-order valence-corrected chi connectivity index (χ2v) is 7.93. The summed E-state index contributed by atoms with van der Waals surface area (Å²) in [6.07, 6.45) is 6.19. The zero-order valence-corrected chi connectivity index (χ0v) is 16.8. The first-order chi connectivity index (χ1) is 14.8. The SMILES string of the molecule is O=C(Cc1ccccc1)c1cccc(C2CCCN(c3ncnc4[nH]ccc34)C2)c1. The average molecular weight is 396 g/mol. The Balaban J connectivity index is 1.36. The Bertz CT molecular complexity index is 1170. The fourth-order valence-electron chi connectivity index (χ4n) is 4.40. The van der Waals surface area contributed by atoms with Gasteiger partial charge in [-0.15, -0.1) is 0 Å². The molecule has 4 aromatic rings. The van der Waals surface area contributed by atoms with Gasteiger partial charge in [0.1, 0.15) is 17.8 Å². The van der Waals surface area contributed by atoms with Gasteiger partial charge in [-0.1, -0.05) is 48.5 Å². The highest BCUT2D eigenvalue weighted by Crippen LogP contribution is 2.32. The first kappa shape index (κ1) is 18.6. The maximum absolute atomic E-state index is 12.8. The van der Waals surface area contributed by atoms with E-state index in [4.69, 9.17) is 0 Å².